The van der Waals surface area contributed by atoms with Crippen LogP contribution in [0.1, 0.15) is 31.7 Å². The molecule has 0 aliphatic carbocycles. The van der Waals surface area contributed by atoms with Crippen LogP contribution in [0.3, 0.4) is 0 Å². The van der Waals surface area contributed by atoms with E-state index in [0.717, 1.165) is 12.8 Å². The van der Waals surface area contributed by atoms with Crippen LogP contribution < -0.4 is 5.56 Å². The highest BCUT2D eigenvalue weighted by molar-refractivity contribution is 5.66. The molecular formula is C15H18N2O3. The van der Waals surface area contributed by atoms with Gasteiger partial charge in [-0.15, -0.1) is 0 Å². The van der Waals surface area contributed by atoms with Gasteiger partial charge in [0.15, 0.2) is 0 Å². The number of ether oxygens (including phenoxy) is 1. The minimum absolute atomic E-state index is 0.181. The SMILES string of the molecule is CCCC(OC)c1nc(O)c(-c2ccccc2)c(=O)[nH]1. The molecule has 1 aromatic heterocycles. The van der Waals surface area contributed by atoms with Gasteiger partial charge in [-0.2, -0.15) is 4.98 Å². The van der Waals surface area contributed by atoms with Gasteiger partial charge in [0.2, 0.25) is 5.88 Å². The van der Waals surface area contributed by atoms with Crippen molar-refractivity contribution in [3.63, 3.8) is 0 Å². The van der Waals surface area contributed by atoms with E-state index in [9.17, 15) is 9.90 Å². The Labute approximate surface area is 117 Å². The summed E-state index contributed by atoms with van der Waals surface area (Å²) >= 11 is 0. The topological polar surface area (TPSA) is 75.2 Å². The van der Waals surface area contributed by atoms with Gasteiger partial charge < -0.3 is 14.8 Å². The summed E-state index contributed by atoms with van der Waals surface area (Å²) in [6.45, 7) is 2.02. The zero-order valence-electron chi connectivity index (χ0n) is 11.6. The Morgan fingerprint density at radius 3 is 2.60 bits per heavy atom. The quantitative estimate of drug-likeness (QED) is 0.878. The molecule has 0 aliphatic rings. The molecule has 0 amide bonds. The van der Waals surface area contributed by atoms with E-state index in [2.05, 4.69) is 9.97 Å². The normalized spacial score (nSPS) is 12.3. The second kappa shape index (κ2) is 6.34. The Kier molecular flexibility index (Phi) is 4.53. The van der Waals surface area contributed by atoms with E-state index >= 15 is 0 Å². The maximum absolute atomic E-state index is 12.2. The molecule has 0 saturated carbocycles. The molecule has 2 rings (SSSR count). The summed E-state index contributed by atoms with van der Waals surface area (Å²) in [6, 6.07) is 8.96. The lowest BCUT2D eigenvalue weighted by Crippen LogP contribution is -2.17. The average Bonchev–Trinajstić information content (AvgIpc) is 2.45. The zero-order chi connectivity index (χ0) is 14.5. The van der Waals surface area contributed by atoms with Crippen molar-refractivity contribution < 1.29 is 9.84 Å². The Hall–Kier alpha value is -2.14. The minimum atomic E-state index is -0.364. The molecule has 20 heavy (non-hydrogen) atoms. The standard InChI is InChI=1S/C15H18N2O3/c1-3-7-11(20-2)13-16-14(18)12(15(19)17-13)10-8-5-4-6-9-10/h4-6,8-9,11H,3,7H2,1-2H3,(H2,16,17,18,19). The highest BCUT2D eigenvalue weighted by Gasteiger charge is 2.18. The summed E-state index contributed by atoms with van der Waals surface area (Å²) in [5.41, 5.74) is 0.451. The molecule has 2 N–H and O–H groups in total. The van der Waals surface area contributed by atoms with Crippen LogP contribution in [0, 0.1) is 0 Å². The molecule has 5 heteroatoms. The highest BCUT2D eigenvalue weighted by atomic mass is 16.5. The third-order valence-corrected chi connectivity index (χ3v) is 3.12. The Balaban J connectivity index is 2.47. The fraction of sp³-hybridized carbons (Fsp3) is 0.333. The Morgan fingerprint density at radius 2 is 2.05 bits per heavy atom. The van der Waals surface area contributed by atoms with Crippen LogP contribution in [0.25, 0.3) is 11.1 Å². The summed E-state index contributed by atoms with van der Waals surface area (Å²) in [5.74, 6) is 0.0876. The summed E-state index contributed by atoms with van der Waals surface area (Å²) in [7, 11) is 1.56. The number of rotatable bonds is 5. The van der Waals surface area contributed by atoms with Crippen molar-refractivity contribution in [2.75, 3.05) is 7.11 Å². The molecule has 5 nitrogen and oxygen atoms in total. The predicted octanol–water partition coefficient (Wildman–Crippen LogP) is 2.63. The van der Waals surface area contributed by atoms with Gasteiger partial charge in [0.05, 0.1) is 0 Å². The van der Waals surface area contributed by atoms with Crippen LogP contribution in [0.5, 0.6) is 5.88 Å². The highest BCUT2D eigenvalue weighted by Crippen LogP contribution is 2.25. The largest absolute Gasteiger partial charge is 0.493 e. The molecule has 1 atom stereocenters. The third kappa shape index (κ3) is 2.88. The third-order valence-electron chi connectivity index (χ3n) is 3.12. The van der Waals surface area contributed by atoms with Crippen LogP contribution in [0.4, 0.5) is 0 Å². The monoisotopic (exact) mass is 274 g/mol. The predicted molar refractivity (Wildman–Crippen MR) is 76.6 cm³/mol. The van der Waals surface area contributed by atoms with Crippen molar-refractivity contribution in [2.45, 2.75) is 25.9 Å². The maximum atomic E-state index is 12.2. The van der Waals surface area contributed by atoms with Crippen LogP contribution in [0.15, 0.2) is 35.1 Å². The molecule has 0 radical (unpaired) electrons. The number of aromatic nitrogens is 2. The van der Waals surface area contributed by atoms with Gasteiger partial charge in [-0.1, -0.05) is 43.7 Å². The fourth-order valence-electron chi connectivity index (χ4n) is 2.12. The molecule has 1 aromatic carbocycles. The van der Waals surface area contributed by atoms with Crippen LogP contribution in [-0.2, 0) is 4.74 Å². The van der Waals surface area contributed by atoms with Gasteiger partial charge in [0.25, 0.3) is 5.56 Å². The molecule has 1 unspecified atom stereocenters. The van der Waals surface area contributed by atoms with Gasteiger partial charge in [0, 0.05) is 7.11 Å². The summed E-state index contributed by atoms with van der Waals surface area (Å²) in [6.07, 6.45) is 1.30. The fourth-order valence-corrected chi connectivity index (χ4v) is 2.12. The maximum Gasteiger partial charge on any atom is 0.262 e. The number of nitrogens with one attached hydrogen (secondary N) is 1. The second-order valence-electron chi connectivity index (χ2n) is 4.53. The average molecular weight is 274 g/mol. The summed E-state index contributed by atoms with van der Waals surface area (Å²) in [4.78, 5) is 18.9. The lowest BCUT2D eigenvalue weighted by atomic mass is 10.1. The molecule has 0 fully saturated rings. The van der Waals surface area contributed by atoms with Crippen molar-refractivity contribution in [2.24, 2.45) is 0 Å². The number of aromatic amines is 1. The lowest BCUT2D eigenvalue weighted by molar-refractivity contribution is 0.0868. The van der Waals surface area contributed by atoms with Crippen molar-refractivity contribution in [3.8, 4) is 17.0 Å². The van der Waals surface area contributed by atoms with E-state index in [0.29, 0.717) is 11.4 Å². The number of methoxy groups -OCH3 is 1. The number of H-pyrrole nitrogens is 1. The van der Waals surface area contributed by atoms with Gasteiger partial charge in [-0.25, -0.2) is 0 Å². The smallest absolute Gasteiger partial charge is 0.262 e. The van der Waals surface area contributed by atoms with Crippen molar-refractivity contribution in [1.82, 2.24) is 9.97 Å². The van der Waals surface area contributed by atoms with Crippen molar-refractivity contribution in [1.29, 1.82) is 0 Å². The second-order valence-corrected chi connectivity index (χ2v) is 4.53. The zero-order valence-corrected chi connectivity index (χ0v) is 11.6. The minimum Gasteiger partial charge on any atom is -0.493 e. The first kappa shape index (κ1) is 14.3. The molecule has 0 spiro atoms. The summed E-state index contributed by atoms with van der Waals surface area (Å²) < 4.78 is 5.29. The first-order valence-electron chi connectivity index (χ1n) is 6.58. The first-order chi connectivity index (χ1) is 9.67. The van der Waals surface area contributed by atoms with E-state index in [1.165, 1.54) is 0 Å². The molecule has 106 valence electrons. The van der Waals surface area contributed by atoms with Crippen LogP contribution >= 0.6 is 0 Å². The molecule has 0 aliphatic heterocycles. The molecular weight excluding hydrogens is 256 g/mol. The lowest BCUT2D eigenvalue weighted by Gasteiger charge is -2.14. The summed E-state index contributed by atoms with van der Waals surface area (Å²) in [5, 5.41) is 10.1. The Morgan fingerprint density at radius 1 is 1.35 bits per heavy atom. The van der Waals surface area contributed by atoms with Gasteiger partial charge in [-0.05, 0) is 12.0 Å². The van der Waals surface area contributed by atoms with E-state index in [1.807, 2.05) is 13.0 Å². The number of aromatic hydroxyl groups is 1. The molecule has 0 bridgehead atoms. The number of benzene rings is 1. The van der Waals surface area contributed by atoms with E-state index in [1.54, 1.807) is 31.4 Å². The van der Waals surface area contributed by atoms with Crippen LogP contribution in [0.2, 0.25) is 0 Å². The van der Waals surface area contributed by atoms with Crippen molar-refractivity contribution in [3.05, 3.63) is 46.5 Å². The van der Waals surface area contributed by atoms with E-state index < -0.39 is 0 Å². The van der Waals surface area contributed by atoms with Crippen LogP contribution in [-0.4, -0.2) is 22.2 Å². The molecule has 2 aromatic rings. The van der Waals surface area contributed by atoms with E-state index in [4.69, 9.17) is 4.74 Å². The first-order valence-corrected chi connectivity index (χ1v) is 6.58. The number of hydrogen-bond donors (Lipinski definition) is 2. The number of nitrogens with zero attached hydrogens (tertiary/aromatic N) is 1. The van der Waals surface area contributed by atoms with Crippen molar-refractivity contribution >= 4 is 0 Å². The Bertz CT molecular complexity index is 623. The van der Waals surface area contributed by atoms with E-state index in [-0.39, 0.29) is 23.1 Å². The van der Waals surface area contributed by atoms with Gasteiger partial charge in [0.1, 0.15) is 17.5 Å². The van der Waals surface area contributed by atoms with Gasteiger partial charge >= 0.3 is 0 Å². The number of hydrogen-bond acceptors (Lipinski definition) is 4. The van der Waals surface area contributed by atoms with Gasteiger partial charge in [-0.3, -0.25) is 4.79 Å². The molecule has 1 heterocycles. The molecule has 0 saturated heterocycles.